The second kappa shape index (κ2) is 8.79. The van der Waals surface area contributed by atoms with Crippen LogP contribution in [-0.2, 0) is 9.59 Å². The van der Waals surface area contributed by atoms with E-state index in [-0.39, 0.29) is 5.91 Å². The molecule has 0 aliphatic rings. The van der Waals surface area contributed by atoms with Crippen LogP contribution in [0, 0.1) is 5.92 Å². The number of aliphatic carboxylic acids is 1. The minimum Gasteiger partial charge on any atom is -0.480 e. The molecule has 4 nitrogen and oxygen atoms in total. The van der Waals surface area contributed by atoms with E-state index < -0.39 is 12.0 Å². The highest BCUT2D eigenvalue weighted by atomic mass is 16.4. The quantitative estimate of drug-likeness (QED) is 0.609. The number of carbonyl (C=O) groups is 2. The lowest BCUT2D eigenvalue weighted by molar-refractivity contribution is -0.142. The molecule has 4 heteroatoms. The Balaban J connectivity index is 4.11. The summed E-state index contributed by atoms with van der Waals surface area (Å²) in [6, 6.07) is -0.797. The summed E-state index contributed by atoms with van der Waals surface area (Å²) in [5.74, 6) is -0.861. The predicted molar refractivity (Wildman–Crippen MR) is 67.7 cm³/mol. The summed E-state index contributed by atoms with van der Waals surface area (Å²) in [4.78, 5) is 22.5. The van der Waals surface area contributed by atoms with Gasteiger partial charge >= 0.3 is 5.97 Å². The highest BCUT2D eigenvalue weighted by molar-refractivity contribution is 5.83. The van der Waals surface area contributed by atoms with Gasteiger partial charge in [-0.25, -0.2) is 4.79 Å². The van der Waals surface area contributed by atoms with Crippen molar-refractivity contribution in [1.29, 1.82) is 0 Å². The zero-order chi connectivity index (χ0) is 13.3. The Kier molecular flexibility index (Phi) is 8.11. The van der Waals surface area contributed by atoms with Gasteiger partial charge in [0.2, 0.25) is 5.91 Å². The average Bonchev–Trinajstić information content (AvgIpc) is 2.23. The molecule has 0 fully saturated rings. The Morgan fingerprint density at radius 1 is 1.41 bits per heavy atom. The summed E-state index contributed by atoms with van der Waals surface area (Å²) in [6.07, 6.45) is 5.05. The highest BCUT2D eigenvalue weighted by Crippen LogP contribution is 2.10. The van der Waals surface area contributed by atoms with Gasteiger partial charge in [0.25, 0.3) is 0 Å². The molecule has 0 bridgehead atoms. The van der Waals surface area contributed by atoms with E-state index in [0.29, 0.717) is 25.2 Å². The number of carbonyl (C=O) groups excluding carboxylic acids is 1. The van der Waals surface area contributed by atoms with Crippen molar-refractivity contribution < 1.29 is 14.7 Å². The summed E-state index contributed by atoms with van der Waals surface area (Å²) < 4.78 is 0. The van der Waals surface area contributed by atoms with E-state index in [0.717, 1.165) is 12.8 Å². The fourth-order valence-corrected chi connectivity index (χ4v) is 1.71. The van der Waals surface area contributed by atoms with Gasteiger partial charge in [-0.3, -0.25) is 4.79 Å². The van der Waals surface area contributed by atoms with E-state index in [4.69, 9.17) is 5.11 Å². The largest absolute Gasteiger partial charge is 0.480 e. The first kappa shape index (κ1) is 15.7. The smallest absolute Gasteiger partial charge is 0.326 e. The zero-order valence-electron chi connectivity index (χ0n) is 10.7. The van der Waals surface area contributed by atoms with Crippen LogP contribution in [-0.4, -0.2) is 23.0 Å². The lowest BCUT2D eigenvalue weighted by Crippen LogP contribution is -2.41. The van der Waals surface area contributed by atoms with Gasteiger partial charge in [0.15, 0.2) is 0 Å². The van der Waals surface area contributed by atoms with Crippen LogP contribution in [0.15, 0.2) is 12.7 Å². The molecule has 0 rings (SSSR count). The fourth-order valence-electron chi connectivity index (χ4n) is 1.71. The molecule has 1 amide bonds. The van der Waals surface area contributed by atoms with Gasteiger partial charge in [0.1, 0.15) is 6.04 Å². The van der Waals surface area contributed by atoms with Crippen molar-refractivity contribution in [1.82, 2.24) is 5.32 Å². The molecule has 0 saturated heterocycles. The van der Waals surface area contributed by atoms with Crippen LogP contribution in [0.5, 0.6) is 0 Å². The first-order chi connectivity index (χ1) is 8.01. The Morgan fingerprint density at radius 2 is 2.06 bits per heavy atom. The van der Waals surface area contributed by atoms with Gasteiger partial charge < -0.3 is 10.4 Å². The Hall–Kier alpha value is -1.32. The van der Waals surface area contributed by atoms with Gasteiger partial charge in [0.05, 0.1) is 0 Å². The normalized spacial score (nSPS) is 13.8. The first-order valence-corrected chi connectivity index (χ1v) is 6.14. The van der Waals surface area contributed by atoms with Crippen molar-refractivity contribution in [2.45, 2.75) is 52.0 Å². The van der Waals surface area contributed by atoms with Crippen molar-refractivity contribution in [3.8, 4) is 0 Å². The standard InChI is InChI=1S/C13H23NO3/c1-4-6-8-11(13(16)17)14-12(15)9-10(3)7-5-2/h4,10-11H,1,5-9H2,2-3H3,(H,14,15)(H,16,17). The van der Waals surface area contributed by atoms with Crippen LogP contribution in [0.2, 0.25) is 0 Å². The van der Waals surface area contributed by atoms with Crippen LogP contribution in [0.25, 0.3) is 0 Å². The third-order valence-electron chi connectivity index (χ3n) is 2.61. The van der Waals surface area contributed by atoms with E-state index in [1.165, 1.54) is 0 Å². The number of carboxylic acid groups (broad SMARTS) is 1. The van der Waals surface area contributed by atoms with E-state index >= 15 is 0 Å². The number of hydrogen-bond donors (Lipinski definition) is 2. The molecule has 0 aliphatic carbocycles. The summed E-state index contributed by atoms with van der Waals surface area (Å²) in [6.45, 7) is 7.61. The molecule has 0 aromatic heterocycles. The lowest BCUT2D eigenvalue weighted by atomic mass is 10.0. The van der Waals surface area contributed by atoms with Gasteiger partial charge in [0, 0.05) is 6.42 Å². The molecular formula is C13H23NO3. The van der Waals surface area contributed by atoms with Crippen LogP contribution >= 0.6 is 0 Å². The van der Waals surface area contributed by atoms with E-state index in [2.05, 4.69) is 18.8 Å². The number of hydrogen-bond acceptors (Lipinski definition) is 2. The molecule has 2 unspecified atom stereocenters. The maximum Gasteiger partial charge on any atom is 0.326 e. The summed E-state index contributed by atoms with van der Waals surface area (Å²) in [5.41, 5.74) is 0. The second-order valence-electron chi connectivity index (χ2n) is 4.42. The SMILES string of the molecule is C=CCCC(NC(=O)CC(C)CCC)C(=O)O. The molecular weight excluding hydrogens is 218 g/mol. The maximum atomic E-state index is 11.6. The minimum absolute atomic E-state index is 0.178. The topological polar surface area (TPSA) is 66.4 Å². The van der Waals surface area contributed by atoms with Crippen LogP contribution in [0.1, 0.15) is 46.0 Å². The van der Waals surface area contributed by atoms with Gasteiger partial charge in [-0.1, -0.05) is 32.8 Å². The molecule has 0 saturated carbocycles. The van der Waals surface area contributed by atoms with E-state index in [1.807, 2.05) is 6.92 Å². The number of nitrogens with one attached hydrogen (secondary N) is 1. The minimum atomic E-state index is -0.983. The predicted octanol–water partition coefficient (Wildman–Crippen LogP) is 2.35. The number of rotatable bonds is 9. The molecule has 0 aromatic rings. The van der Waals surface area contributed by atoms with Crippen LogP contribution in [0.4, 0.5) is 0 Å². The fraction of sp³-hybridized carbons (Fsp3) is 0.692. The molecule has 98 valence electrons. The molecule has 0 radical (unpaired) electrons. The van der Waals surface area contributed by atoms with Crippen molar-refractivity contribution >= 4 is 11.9 Å². The lowest BCUT2D eigenvalue weighted by Gasteiger charge is -2.15. The van der Waals surface area contributed by atoms with Crippen LogP contribution < -0.4 is 5.32 Å². The van der Waals surface area contributed by atoms with Gasteiger partial charge in [-0.15, -0.1) is 6.58 Å². The molecule has 0 spiro atoms. The third kappa shape index (κ3) is 7.55. The summed E-state index contributed by atoms with van der Waals surface area (Å²) in [7, 11) is 0. The Bertz CT molecular complexity index is 263. The maximum absolute atomic E-state index is 11.6. The monoisotopic (exact) mass is 241 g/mol. The van der Waals surface area contributed by atoms with Crippen molar-refractivity contribution in [3.63, 3.8) is 0 Å². The Labute approximate surface area is 103 Å². The van der Waals surface area contributed by atoms with E-state index in [1.54, 1.807) is 6.08 Å². The molecule has 2 N–H and O–H groups in total. The first-order valence-electron chi connectivity index (χ1n) is 6.14. The van der Waals surface area contributed by atoms with Crippen molar-refractivity contribution in [2.24, 2.45) is 5.92 Å². The molecule has 17 heavy (non-hydrogen) atoms. The molecule has 0 aliphatic heterocycles. The number of amides is 1. The molecule has 0 aromatic carbocycles. The second-order valence-corrected chi connectivity index (χ2v) is 4.42. The van der Waals surface area contributed by atoms with Gasteiger partial charge in [-0.2, -0.15) is 0 Å². The van der Waals surface area contributed by atoms with Gasteiger partial charge in [-0.05, 0) is 18.8 Å². The van der Waals surface area contributed by atoms with Crippen molar-refractivity contribution in [3.05, 3.63) is 12.7 Å². The zero-order valence-corrected chi connectivity index (χ0v) is 10.7. The Morgan fingerprint density at radius 3 is 2.53 bits per heavy atom. The highest BCUT2D eigenvalue weighted by Gasteiger charge is 2.19. The number of carboxylic acids is 1. The molecule has 2 atom stereocenters. The molecule has 0 heterocycles. The average molecular weight is 241 g/mol. The summed E-state index contributed by atoms with van der Waals surface area (Å²) in [5, 5.41) is 11.5. The van der Waals surface area contributed by atoms with E-state index in [9.17, 15) is 9.59 Å². The van der Waals surface area contributed by atoms with Crippen molar-refractivity contribution in [2.75, 3.05) is 0 Å². The third-order valence-corrected chi connectivity index (χ3v) is 2.61. The van der Waals surface area contributed by atoms with Crippen LogP contribution in [0.3, 0.4) is 0 Å². The number of allylic oxidation sites excluding steroid dienone is 1. The summed E-state index contributed by atoms with van der Waals surface area (Å²) >= 11 is 0.